The van der Waals surface area contributed by atoms with Crippen molar-refractivity contribution in [3.8, 4) is 0 Å². The monoisotopic (exact) mass is 220 g/mol. The lowest BCUT2D eigenvalue weighted by Crippen LogP contribution is -2.24. The van der Waals surface area contributed by atoms with Crippen molar-refractivity contribution >= 4 is 0 Å². The van der Waals surface area contributed by atoms with Gasteiger partial charge in [0.2, 0.25) is 0 Å². The van der Waals surface area contributed by atoms with Gasteiger partial charge in [-0.1, -0.05) is 30.3 Å². The first-order valence-electron chi connectivity index (χ1n) is 5.90. The molecule has 3 nitrogen and oxygen atoms in total. The molecule has 1 aromatic carbocycles. The fourth-order valence-electron chi connectivity index (χ4n) is 2.48. The Morgan fingerprint density at radius 3 is 2.44 bits per heavy atom. The summed E-state index contributed by atoms with van der Waals surface area (Å²) in [6, 6.07) is 10.4. The van der Waals surface area contributed by atoms with Crippen LogP contribution in [-0.4, -0.2) is 36.2 Å². The summed E-state index contributed by atoms with van der Waals surface area (Å²) < 4.78 is 0. The van der Waals surface area contributed by atoms with Crippen LogP contribution in [-0.2, 0) is 6.54 Å². The molecule has 0 aliphatic carbocycles. The molecular formula is C13H20N2O. The van der Waals surface area contributed by atoms with Gasteiger partial charge in [0, 0.05) is 26.2 Å². The van der Waals surface area contributed by atoms with Crippen molar-refractivity contribution in [2.24, 2.45) is 17.6 Å². The van der Waals surface area contributed by atoms with Gasteiger partial charge in [0.05, 0.1) is 0 Å². The molecule has 1 heterocycles. The minimum atomic E-state index is 0.257. The highest BCUT2D eigenvalue weighted by atomic mass is 16.3. The molecule has 0 radical (unpaired) electrons. The first kappa shape index (κ1) is 11.6. The Bertz CT molecular complexity index is 303. The number of nitrogens with two attached hydrogens (primary N) is 1. The van der Waals surface area contributed by atoms with Crippen LogP contribution in [0.25, 0.3) is 0 Å². The van der Waals surface area contributed by atoms with E-state index in [1.54, 1.807) is 0 Å². The standard InChI is InChI=1S/C13H20N2O/c14-6-12-8-15(9-13(12)10-16)7-11-4-2-1-3-5-11/h1-5,12-13,16H,6-10,14H2. The largest absolute Gasteiger partial charge is 0.396 e. The highest BCUT2D eigenvalue weighted by Gasteiger charge is 2.30. The molecular weight excluding hydrogens is 200 g/mol. The molecule has 2 unspecified atom stereocenters. The normalized spacial score (nSPS) is 26.1. The number of aliphatic hydroxyl groups is 1. The van der Waals surface area contributed by atoms with Gasteiger partial charge in [-0.15, -0.1) is 0 Å². The van der Waals surface area contributed by atoms with Crippen molar-refractivity contribution in [2.75, 3.05) is 26.2 Å². The highest BCUT2D eigenvalue weighted by Crippen LogP contribution is 2.23. The average Bonchev–Trinajstić information content (AvgIpc) is 2.72. The molecule has 1 aliphatic rings. The van der Waals surface area contributed by atoms with Crippen LogP contribution in [0.15, 0.2) is 30.3 Å². The van der Waals surface area contributed by atoms with Crippen molar-refractivity contribution < 1.29 is 5.11 Å². The quantitative estimate of drug-likeness (QED) is 0.784. The van der Waals surface area contributed by atoms with E-state index in [0.717, 1.165) is 19.6 Å². The zero-order valence-electron chi connectivity index (χ0n) is 9.55. The summed E-state index contributed by atoms with van der Waals surface area (Å²) >= 11 is 0. The highest BCUT2D eigenvalue weighted by molar-refractivity contribution is 5.14. The van der Waals surface area contributed by atoms with Gasteiger partial charge in [0.15, 0.2) is 0 Å². The molecule has 16 heavy (non-hydrogen) atoms. The van der Waals surface area contributed by atoms with Gasteiger partial charge in [0.1, 0.15) is 0 Å². The Labute approximate surface area is 96.9 Å². The summed E-state index contributed by atoms with van der Waals surface area (Å²) in [5.41, 5.74) is 7.05. The summed E-state index contributed by atoms with van der Waals surface area (Å²) in [6.45, 7) is 3.88. The fourth-order valence-corrected chi connectivity index (χ4v) is 2.48. The van der Waals surface area contributed by atoms with E-state index >= 15 is 0 Å². The van der Waals surface area contributed by atoms with Crippen molar-refractivity contribution in [2.45, 2.75) is 6.54 Å². The summed E-state index contributed by atoms with van der Waals surface area (Å²) in [6.07, 6.45) is 0. The molecule has 1 aliphatic heterocycles. The van der Waals surface area contributed by atoms with Crippen LogP contribution in [0.1, 0.15) is 5.56 Å². The Balaban J connectivity index is 1.93. The third-order valence-corrected chi connectivity index (χ3v) is 3.44. The molecule has 88 valence electrons. The molecule has 2 rings (SSSR count). The molecule has 3 heteroatoms. The molecule has 2 atom stereocenters. The third-order valence-electron chi connectivity index (χ3n) is 3.44. The zero-order chi connectivity index (χ0) is 11.4. The summed E-state index contributed by atoms with van der Waals surface area (Å²) in [4.78, 5) is 2.38. The molecule has 1 saturated heterocycles. The van der Waals surface area contributed by atoms with Crippen LogP contribution in [0.2, 0.25) is 0 Å². The van der Waals surface area contributed by atoms with Gasteiger partial charge in [-0.2, -0.15) is 0 Å². The Hall–Kier alpha value is -0.900. The summed E-state index contributed by atoms with van der Waals surface area (Å²) in [5.74, 6) is 0.808. The van der Waals surface area contributed by atoms with E-state index in [-0.39, 0.29) is 6.61 Å². The van der Waals surface area contributed by atoms with Gasteiger partial charge in [-0.25, -0.2) is 0 Å². The minimum absolute atomic E-state index is 0.257. The third kappa shape index (κ3) is 2.61. The molecule has 3 N–H and O–H groups in total. The van der Waals surface area contributed by atoms with E-state index in [2.05, 4.69) is 29.2 Å². The van der Waals surface area contributed by atoms with Gasteiger partial charge in [-0.3, -0.25) is 4.90 Å². The number of aliphatic hydroxyl groups excluding tert-OH is 1. The fraction of sp³-hybridized carbons (Fsp3) is 0.538. The summed E-state index contributed by atoms with van der Waals surface area (Å²) in [7, 11) is 0. The molecule has 1 aromatic rings. The lowest BCUT2D eigenvalue weighted by atomic mass is 9.97. The maximum atomic E-state index is 9.27. The molecule has 0 bridgehead atoms. The molecule has 0 aromatic heterocycles. The number of hydrogen-bond acceptors (Lipinski definition) is 3. The number of benzene rings is 1. The predicted molar refractivity (Wildman–Crippen MR) is 64.8 cm³/mol. The van der Waals surface area contributed by atoms with E-state index < -0.39 is 0 Å². The molecule has 1 fully saturated rings. The molecule has 0 saturated carbocycles. The maximum absolute atomic E-state index is 9.27. The zero-order valence-corrected chi connectivity index (χ0v) is 9.55. The topological polar surface area (TPSA) is 49.5 Å². The smallest absolute Gasteiger partial charge is 0.0475 e. The van der Waals surface area contributed by atoms with E-state index in [1.165, 1.54) is 5.56 Å². The van der Waals surface area contributed by atoms with Crippen LogP contribution in [0.4, 0.5) is 0 Å². The summed E-state index contributed by atoms with van der Waals surface area (Å²) in [5, 5.41) is 9.27. The number of rotatable bonds is 4. The Morgan fingerprint density at radius 1 is 1.19 bits per heavy atom. The second-order valence-corrected chi connectivity index (χ2v) is 4.62. The van der Waals surface area contributed by atoms with Gasteiger partial charge < -0.3 is 10.8 Å². The van der Waals surface area contributed by atoms with Crippen molar-refractivity contribution in [1.82, 2.24) is 4.90 Å². The van der Waals surface area contributed by atoms with Crippen molar-refractivity contribution in [3.05, 3.63) is 35.9 Å². The van der Waals surface area contributed by atoms with E-state index in [4.69, 9.17) is 5.73 Å². The van der Waals surface area contributed by atoms with Crippen LogP contribution >= 0.6 is 0 Å². The maximum Gasteiger partial charge on any atom is 0.0475 e. The van der Waals surface area contributed by atoms with Crippen LogP contribution in [0.5, 0.6) is 0 Å². The van der Waals surface area contributed by atoms with Crippen molar-refractivity contribution in [1.29, 1.82) is 0 Å². The first-order valence-corrected chi connectivity index (χ1v) is 5.90. The minimum Gasteiger partial charge on any atom is -0.396 e. The van der Waals surface area contributed by atoms with Gasteiger partial charge in [-0.05, 0) is 23.9 Å². The van der Waals surface area contributed by atoms with Crippen LogP contribution in [0, 0.1) is 11.8 Å². The van der Waals surface area contributed by atoms with Crippen molar-refractivity contribution in [3.63, 3.8) is 0 Å². The van der Waals surface area contributed by atoms with Crippen LogP contribution in [0.3, 0.4) is 0 Å². The van der Waals surface area contributed by atoms with E-state index in [0.29, 0.717) is 18.4 Å². The lowest BCUT2D eigenvalue weighted by Gasteiger charge is -2.15. The van der Waals surface area contributed by atoms with E-state index in [9.17, 15) is 5.11 Å². The number of hydrogen-bond donors (Lipinski definition) is 2. The first-order chi connectivity index (χ1) is 7.83. The van der Waals surface area contributed by atoms with Gasteiger partial charge >= 0.3 is 0 Å². The second kappa shape index (κ2) is 5.43. The Morgan fingerprint density at radius 2 is 1.88 bits per heavy atom. The lowest BCUT2D eigenvalue weighted by molar-refractivity contribution is 0.202. The van der Waals surface area contributed by atoms with E-state index in [1.807, 2.05) is 6.07 Å². The van der Waals surface area contributed by atoms with Gasteiger partial charge in [0.25, 0.3) is 0 Å². The van der Waals surface area contributed by atoms with Crippen LogP contribution < -0.4 is 5.73 Å². The average molecular weight is 220 g/mol. The molecule has 0 spiro atoms. The second-order valence-electron chi connectivity index (χ2n) is 4.62. The SMILES string of the molecule is NCC1CN(Cc2ccccc2)CC1CO. The number of nitrogens with zero attached hydrogens (tertiary/aromatic N) is 1. The number of likely N-dealkylation sites (tertiary alicyclic amines) is 1. The molecule has 0 amide bonds. The Kier molecular flexibility index (Phi) is 3.93. The predicted octanol–water partition coefficient (Wildman–Crippen LogP) is 0.686.